The molecule has 8 heteroatoms. The molecule has 136 valence electrons. The molecule has 1 aromatic carbocycles. The summed E-state index contributed by atoms with van der Waals surface area (Å²) in [4.78, 5) is 22.5. The lowest BCUT2D eigenvalue weighted by molar-refractivity contribution is 0.0531. The molecule has 0 unspecified atom stereocenters. The Morgan fingerprint density at radius 2 is 2.08 bits per heavy atom. The third-order valence-corrected chi connectivity index (χ3v) is 5.18. The number of carbonyl (C=O) groups is 1. The first-order valence-electron chi connectivity index (χ1n) is 8.00. The maximum Gasteiger partial charge on any atom is 0.348 e. The van der Waals surface area contributed by atoms with Crippen LogP contribution in [0.4, 0.5) is 11.5 Å². The van der Waals surface area contributed by atoms with Crippen molar-refractivity contribution in [2.75, 3.05) is 19.0 Å². The fraction of sp³-hybridized carbons (Fsp3) is 0.278. The van der Waals surface area contributed by atoms with Crippen LogP contribution < -0.4 is 10.1 Å². The van der Waals surface area contributed by atoms with E-state index in [9.17, 15) is 4.79 Å². The average Bonchev–Trinajstić information content (AvgIpc) is 2.92. The lowest BCUT2D eigenvalue weighted by Gasteiger charge is -2.12. The topological polar surface area (TPSA) is 73.3 Å². The molecule has 0 amide bonds. The van der Waals surface area contributed by atoms with E-state index in [-0.39, 0.29) is 5.97 Å². The molecule has 3 aromatic rings. The van der Waals surface area contributed by atoms with Gasteiger partial charge in [-0.15, -0.1) is 11.3 Å². The number of rotatable bonds is 5. The van der Waals surface area contributed by atoms with E-state index < -0.39 is 0 Å². The lowest BCUT2D eigenvalue weighted by atomic mass is 10.2. The molecule has 26 heavy (non-hydrogen) atoms. The van der Waals surface area contributed by atoms with E-state index in [4.69, 9.17) is 21.1 Å². The Bertz CT molecular complexity index is 987. The predicted molar refractivity (Wildman–Crippen MR) is 104 cm³/mol. The van der Waals surface area contributed by atoms with E-state index in [0.29, 0.717) is 39.6 Å². The van der Waals surface area contributed by atoms with E-state index in [0.717, 1.165) is 15.8 Å². The Balaban J connectivity index is 2.14. The summed E-state index contributed by atoms with van der Waals surface area (Å²) in [6.07, 6.45) is 0. The Labute approximate surface area is 160 Å². The van der Waals surface area contributed by atoms with Crippen molar-refractivity contribution in [2.24, 2.45) is 0 Å². The molecule has 6 nitrogen and oxygen atoms in total. The largest absolute Gasteiger partial charge is 0.495 e. The molecule has 0 aliphatic carbocycles. The highest BCUT2D eigenvalue weighted by Crippen LogP contribution is 2.37. The van der Waals surface area contributed by atoms with Gasteiger partial charge in [0.2, 0.25) is 0 Å². The van der Waals surface area contributed by atoms with Crippen molar-refractivity contribution in [3.63, 3.8) is 0 Å². The van der Waals surface area contributed by atoms with Crippen LogP contribution in [0.1, 0.15) is 28.0 Å². The summed E-state index contributed by atoms with van der Waals surface area (Å²) in [7, 11) is 1.59. The monoisotopic (exact) mass is 391 g/mol. The zero-order chi connectivity index (χ0) is 18.8. The smallest absolute Gasteiger partial charge is 0.348 e. The van der Waals surface area contributed by atoms with Crippen LogP contribution in [-0.4, -0.2) is 29.7 Å². The molecule has 0 aliphatic rings. The van der Waals surface area contributed by atoms with Crippen molar-refractivity contribution >= 4 is 50.6 Å². The SMILES string of the molecule is CCOC(=O)c1sc2nc(C)nc(Nc3cc(Cl)ccc3OC)c2c1C. The number of hydrogen-bond donors (Lipinski definition) is 1. The molecule has 0 radical (unpaired) electrons. The number of thiophene rings is 1. The minimum atomic E-state index is -0.350. The van der Waals surface area contributed by atoms with Crippen molar-refractivity contribution < 1.29 is 14.3 Å². The van der Waals surface area contributed by atoms with Gasteiger partial charge in [-0.3, -0.25) is 0 Å². The maximum atomic E-state index is 12.2. The molecule has 0 fully saturated rings. The van der Waals surface area contributed by atoms with Crippen LogP contribution >= 0.6 is 22.9 Å². The van der Waals surface area contributed by atoms with E-state index in [1.54, 1.807) is 39.2 Å². The minimum absolute atomic E-state index is 0.321. The molecule has 2 aromatic heterocycles. The first-order valence-corrected chi connectivity index (χ1v) is 9.19. The number of methoxy groups -OCH3 is 1. The van der Waals surface area contributed by atoms with Crippen LogP contribution in [0.15, 0.2) is 18.2 Å². The number of aromatic nitrogens is 2. The second kappa shape index (κ2) is 7.47. The molecule has 0 saturated heterocycles. The number of anilines is 2. The summed E-state index contributed by atoms with van der Waals surface area (Å²) >= 11 is 7.41. The van der Waals surface area contributed by atoms with Gasteiger partial charge in [0.25, 0.3) is 0 Å². The van der Waals surface area contributed by atoms with Crippen molar-refractivity contribution in [2.45, 2.75) is 20.8 Å². The number of carbonyl (C=O) groups excluding carboxylic acids is 1. The van der Waals surface area contributed by atoms with Gasteiger partial charge < -0.3 is 14.8 Å². The molecule has 0 atom stereocenters. The highest BCUT2D eigenvalue weighted by molar-refractivity contribution is 7.20. The van der Waals surface area contributed by atoms with Crippen molar-refractivity contribution in [3.8, 4) is 5.75 Å². The van der Waals surface area contributed by atoms with Gasteiger partial charge in [-0.1, -0.05) is 11.6 Å². The summed E-state index contributed by atoms with van der Waals surface area (Å²) in [5.74, 6) is 1.48. The molecule has 3 rings (SSSR count). The quantitative estimate of drug-likeness (QED) is 0.624. The van der Waals surface area contributed by atoms with Crippen LogP contribution in [0.2, 0.25) is 5.02 Å². The van der Waals surface area contributed by atoms with Gasteiger partial charge in [0.05, 0.1) is 24.8 Å². The third kappa shape index (κ3) is 3.45. The van der Waals surface area contributed by atoms with Crippen LogP contribution in [0.3, 0.4) is 0 Å². The number of fused-ring (bicyclic) bond motifs is 1. The predicted octanol–water partition coefficient (Wildman–Crippen LogP) is 4.89. The molecule has 0 saturated carbocycles. The van der Waals surface area contributed by atoms with Gasteiger partial charge in [-0.2, -0.15) is 0 Å². The van der Waals surface area contributed by atoms with Crippen LogP contribution in [0.25, 0.3) is 10.2 Å². The first-order chi connectivity index (χ1) is 12.4. The molecule has 0 spiro atoms. The summed E-state index contributed by atoms with van der Waals surface area (Å²) in [6.45, 7) is 5.77. The Hall–Kier alpha value is -2.38. The Kier molecular flexibility index (Phi) is 5.29. The molecular formula is C18H18ClN3O3S. The minimum Gasteiger partial charge on any atom is -0.495 e. The second-order valence-electron chi connectivity index (χ2n) is 5.55. The van der Waals surface area contributed by atoms with Gasteiger partial charge in [0.1, 0.15) is 27.1 Å². The fourth-order valence-electron chi connectivity index (χ4n) is 2.63. The van der Waals surface area contributed by atoms with Crippen LogP contribution in [-0.2, 0) is 4.74 Å². The number of nitrogens with one attached hydrogen (secondary N) is 1. The summed E-state index contributed by atoms with van der Waals surface area (Å²) in [5, 5.41) is 4.62. The molecule has 0 aliphatic heterocycles. The number of esters is 1. The van der Waals surface area contributed by atoms with E-state index in [2.05, 4.69) is 15.3 Å². The number of hydrogen-bond acceptors (Lipinski definition) is 7. The molecular weight excluding hydrogens is 374 g/mol. The number of benzene rings is 1. The Morgan fingerprint density at radius 1 is 1.31 bits per heavy atom. The van der Waals surface area contributed by atoms with Crippen molar-refractivity contribution in [1.82, 2.24) is 9.97 Å². The van der Waals surface area contributed by atoms with Crippen LogP contribution in [0.5, 0.6) is 5.75 Å². The third-order valence-electron chi connectivity index (χ3n) is 3.78. The molecule has 1 N–H and O–H groups in total. The lowest BCUT2D eigenvalue weighted by Crippen LogP contribution is -2.04. The van der Waals surface area contributed by atoms with Crippen LogP contribution in [0, 0.1) is 13.8 Å². The average molecular weight is 392 g/mol. The maximum absolute atomic E-state index is 12.2. The summed E-state index contributed by atoms with van der Waals surface area (Å²) < 4.78 is 10.5. The van der Waals surface area contributed by atoms with Gasteiger partial charge in [-0.05, 0) is 44.5 Å². The van der Waals surface area contributed by atoms with E-state index >= 15 is 0 Å². The number of halogens is 1. The number of aryl methyl sites for hydroxylation is 2. The van der Waals surface area contributed by atoms with Gasteiger partial charge in [0, 0.05) is 5.02 Å². The van der Waals surface area contributed by atoms with Crippen molar-refractivity contribution in [1.29, 1.82) is 0 Å². The standard InChI is InChI=1S/C18H18ClN3O3S/c1-5-25-18(23)15-9(2)14-16(20-10(3)21-17(14)26-15)22-12-8-11(19)6-7-13(12)24-4/h6-8H,5H2,1-4H3,(H,20,21,22). The van der Waals surface area contributed by atoms with E-state index in [1.165, 1.54) is 11.3 Å². The summed E-state index contributed by atoms with van der Waals surface area (Å²) in [5.41, 5.74) is 1.47. The Morgan fingerprint density at radius 3 is 2.77 bits per heavy atom. The van der Waals surface area contributed by atoms with Gasteiger partial charge in [-0.25, -0.2) is 14.8 Å². The van der Waals surface area contributed by atoms with Crippen molar-refractivity contribution in [3.05, 3.63) is 39.5 Å². The highest BCUT2D eigenvalue weighted by Gasteiger charge is 2.21. The molecule has 2 heterocycles. The normalized spacial score (nSPS) is 10.8. The second-order valence-corrected chi connectivity index (χ2v) is 6.98. The fourth-order valence-corrected chi connectivity index (χ4v) is 3.93. The van der Waals surface area contributed by atoms with Gasteiger partial charge in [0.15, 0.2) is 0 Å². The first kappa shape index (κ1) is 18.4. The zero-order valence-corrected chi connectivity index (χ0v) is 16.4. The summed E-state index contributed by atoms with van der Waals surface area (Å²) in [6, 6.07) is 5.29. The highest BCUT2D eigenvalue weighted by atomic mass is 35.5. The zero-order valence-electron chi connectivity index (χ0n) is 14.8. The molecule has 0 bridgehead atoms. The number of nitrogens with zero attached hydrogens (tertiary/aromatic N) is 2. The van der Waals surface area contributed by atoms with E-state index in [1.807, 2.05) is 6.92 Å². The van der Waals surface area contributed by atoms with Gasteiger partial charge >= 0.3 is 5.97 Å². The number of ether oxygens (including phenoxy) is 2.